The molecule has 1 atom stereocenters. The molecule has 1 saturated heterocycles. The maximum Gasteiger partial charge on any atom is 0.223 e. The average molecular weight is 300 g/mol. The zero-order chi connectivity index (χ0) is 12.3. The molecule has 0 spiro atoms. The number of nitrogens with one attached hydrogen (secondary N) is 1. The molecular weight excluding hydrogens is 285 g/mol. The third-order valence-corrected chi connectivity index (χ3v) is 3.62. The molecule has 1 N–H and O–H groups in total. The Hall–Kier alpha value is -0.900. The molecule has 1 aromatic carbocycles. The normalized spacial score (nSPS) is 20.8. The highest BCUT2D eigenvalue weighted by molar-refractivity contribution is 9.10. The minimum absolute atomic E-state index is 0.0573. The van der Waals surface area contributed by atoms with Crippen LogP contribution in [0.4, 0.5) is 4.39 Å². The van der Waals surface area contributed by atoms with E-state index in [1.165, 1.54) is 6.07 Å². The molecule has 92 valence electrons. The van der Waals surface area contributed by atoms with Crippen LogP contribution in [-0.4, -0.2) is 12.5 Å². The fourth-order valence-electron chi connectivity index (χ4n) is 2.16. The van der Waals surface area contributed by atoms with Crippen molar-refractivity contribution < 1.29 is 9.18 Å². The van der Waals surface area contributed by atoms with Gasteiger partial charge in [0.25, 0.3) is 0 Å². The van der Waals surface area contributed by atoms with Crippen molar-refractivity contribution in [3.8, 4) is 0 Å². The van der Waals surface area contributed by atoms with E-state index in [9.17, 15) is 9.18 Å². The molecule has 2 rings (SSSR count). The van der Waals surface area contributed by atoms with Gasteiger partial charge in [-0.15, -0.1) is 0 Å². The van der Waals surface area contributed by atoms with Crippen LogP contribution in [0.25, 0.3) is 0 Å². The molecule has 1 aliphatic heterocycles. The number of benzene rings is 1. The Morgan fingerprint density at radius 2 is 2.24 bits per heavy atom. The third kappa shape index (κ3) is 3.28. The van der Waals surface area contributed by atoms with E-state index in [1.54, 1.807) is 12.1 Å². The molecule has 0 saturated carbocycles. The molecule has 17 heavy (non-hydrogen) atoms. The van der Waals surface area contributed by atoms with Crippen LogP contribution in [0.3, 0.4) is 0 Å². The lowest BCUT2D eigenvalue weighted by Crippen LogP contribution is -2.30. The van der Waals surface area contributed by atoms with Gasteiger partial charge >= 0.3 is 0 Å². The Morgan fingerprint density at radius 1 is 1.41 bits per heavy atom. The van der Waals surface area contributed by atoms with Crippen molar-refractivity contribution in [2.45, 2.75) is 25.7 Å². The van der Waals surface area contributed by atoms with Crippen LogP contribution in [0.1, 0.15) is 24.8 Å². The van der Waals surface area contributed by atoms with E-state index in [0.717, 1.165) is 30.3 Å². The maximum atomic E-state index is 13.6. The average Bonchev–Trinajstić information content (AvgIpc) is 2.50. The number of carbonyl (C=O) groups is 1. The second kappa shape index (κ2) is 5.63. The molecular formula is C13H15BrFNO. The molecule has 1 unspecified atom stereocenters. The van der Waals surface area contributed by atoms with Gasteiger partial charge < -0.3 is 5.32 Å². The number of hydrogen-bond donors (Lipinski definition) is 1. The molecule has 4 heteroatoms. The molecule has 0 aliphatic carbocycles. The molecule has 1 aromatic rings. The van der Waals surface area contributed by atoms with Gasteiger partial charge in [0.1, 0.15) is 5.82 Å². The number of amides is 1. The predicted octanol–water partition coefficient (Wildman–Crippen LogP) is 3.05. The summed E-state index contributed by atoms with van der Waals surface area (Å²) in [5.74, 6) is -0.270. The van der Waals surface area contributed by atoms with Crippen molar-refractivity contribution in [2.24, 2.45) is 5.92 Å². The Bertz CT molecular complexity index is 422. The summed E-state index contributed by atoms with van der Waals surface area (Å²) in [6.07, 6.45) is 3.37. The fourth-order valence-corrected chi connectivity index (χ4v) is 2.57. The maximum absolute atomic E-state index is 13.6. The first kappa shape index (κ1) is 12.6. The van der Waals surface area contributed by atoms with Crippen LogP contribution >= 0.6 is 15.9 Å². The summed E-state index contributed by atoms with van der Waals surface area (Å²) >= 11 is 3.32. The molecule has 1 heterocycles. The summed E-state index contributed by atoms with van der Waals surface area (Å²) in [5, 5.41) is 2.88. The Kier molecular flexibility index (Phi) is 4.15. The van der Waals surface area contributed by atoms with Crippen molar-refractivity contribution in [3.05, 3.63) is 34.1 Å². The summed E-state index contributed by atoms with van der Waals surface area (Å²) in [6.45, 7) is 0.746. The Morgan fingerprint density at radius 3 is 3.06 bits per heavy atom. The molecule has 0 bridgehead atoms. The number of carbonyl (C=O) groups excluding carboxylic acids is 1. The van der Waals surface area contributed by atoms with Gasteiger partial charge in [-0.25, -0.2) is 4.39 Å². The van der Waals surface area contributed by atoms with Gasteiger partial charge in [0.2, 0.25) is 5.91 Å². The van der Waals surface area contributed by atoms with Gasteiger partial charge in [-0.1, -0.05) is 22.4 Å². The molecule has 1 fully saturated rings. The van der Waals surface area contributed by atoms with Gasteiger partial charge in [-0.2, -0.15) is 0 Å². The Labute approximate surface area is 109 Å². The summed E-state index contributed by atoms with van der Waals surface area (Å²) in [7, 11) is 0. The number of halogens is 2. The van der Waals surface area contributed by atoms with Crippen molar-refractivity contribution in [1.29, 1.82) is 0 Å². The minimum Gasteiger partial charge on any atom is -0.356 e. The van der Waals surface area contributed by atoms with Gasteiger partial charge in [-0.05, 0) is 43.0 Å². The van der Waals surface area contributed by atoms with E-state index in [2.05, 4.69) is 21.2 Å². The zero-order valence-electron chi connectivity index (χ0n) is 9.51. The van der Waals surface area contributed by atoms with E-state index in [1.807, 2.05) is 0 Å². The summed E-state index contributed by atoms with van der Waals surface area (Å²) in [4.78, 5) is 11.8. The molecule has 0 radical (unpaired) electrons. The van der Waals surface area contributed by atoms with E-state index >= 15 is 0 Å². The van der Waals surface area contributed by atoms with Gasteiger partial charge in [0.05, 0.1) is 0 Å². The lowest BCUT2D eigenvalue weighted by molar-refractivity contribution is -0.124. The topological polar surface area (TPSA) is 29.1 Å². The summed E-state index contributed by atoms with van der Waals surface area (Å²) < 4.78 is 14.5. The zero-order valence-corrected chi connectivity index (χ0v) is 11.1. The SMILES string of the molecule is O=C1NCCCCC1Cc1cc(Br)ccc1F. The number of hydrogen-bond acceptors (Lipinski definition) is 1. The molecule has 1 aliphatic rings. The van der Waals surface area contributed by atoms with Crippen LogP contribution in [0.2, 0.25) is 0 Å². The highest BCUT2D eigenvalue weighted by Gasteiger charge is 2.22. The van der Waals surface area contributed by atoms with Gasteiger partial charge in [-0.3, -0.25) is 4.79 Å². The number of rotatable bonds is 2. The third-order valence-electron chi connectivity index (χ3n) is 3.12. The van der Waals surface area contributed by atoms with E-state index in [4.69, 9.17) is 0 Å². The minimum atomic E-state index is -0.231. The van der Waals surface area contributed by atoms with Gasteiger partial charge in [0, 0.05) is 16.9 Å². The first-order chi connectivity index (χ1) is 8.16. The van der Waals surface area contributed by atoms with E-state index in [-0.39, 0.29) is 17.6 Å². The smallest absolute Gasteiger partial charge is 0.223 e. The first-order valence-electron chi connectivity index (χ1n) is 5.88. The van der Waals surface area contributed by atoms with Gasteiger partial charge in [0.15, 0.2) is 0 Å². The Balaban J connectivity index is 2.13. The first-order valence-corrected chi connectivity index (χ1v) is 6.68. The lowest BCUT2D eigenvalue weighted by Gasteiger charge is -2.13. The fraction of sp³-hybridized carbons (Fsp3) is 0.462. The quantitative estimate of drug-likeness (QED) is 0.893. The van der Waals surface area contributed by atoms with Crippen LogP contribution in [0.15, 0.2) is 22.7 Å². The van der Waals surface area contributed by atoms with Crippen molar-refractivity contribution in [2.75, 3.05) is 6.54 Å². The van der Waals surface area contributed by atoms with E-state index < -0.39 is 0 Å². The molecule has 1 amide bonds. The van der Waals surface area contributed by atoms with Crippen LogP contribution < -0.4 is 5.32 Å². The largest absolute Gasteiger partial charge is 0.356 e. The van der Waals surface area contributed by atoms with E-state index in [0.29, 0.717) is 12.0 Å². The predicted molar refractivity (Wildman–Crippen MR) is 68.2 cm³/mol. The molecule has 0 aromatic heterocycles. The van der Waals surface area contributed by atoms with Crippen LogP contribution in [0, 0.1) is 11.7 Å². The van der Waals surface area contributed by atoms with Crippen molar-refractivity contribution in [1.82, 2.24) is 5.32 Å². The standard InChI is InChI=1S/C13H15BrFNO/c14-11-4-5-12(15)10(8-11)7-9-3-1-2-6-16-13(9)17/h4-5,8-9H,1-3,6-7H2,(H,16,17). The van der Waals surface area contributed by atoms with Crippen LogP contribution in [-0.2, 0) is 11.2 Å². The summed E-state index contributed by atoms with van der Waals surface area (Å²) in [6, 6.07) is 4.87. The second-order valence-corrected chi connectivity index (χ2v) is 5.34. The summed E-state index contributed by atoms with van der Waals surface area (Å²) in [5.41, 5.74) is 0.612. The highest BCUT2D eigenvalue weighted by Crippen LogP contribution is 2.22. The second-order valence-electron chi connectivity index (χ2n) is 4.42. The monoisotopic (exact) mass is 299 g/mol. The molecule has 2 nitrogen and oxygen atoms in total. The lowest BCUT2D eigenvalue weighted by atomic mass is 9.94. The van der Waals surface area contributed by atoms with Crippen molar-refractivity contribution in [3.63, 3.8) is 0 Å². The van der Waals surface area contributed by atoms with Crippen LogP contribution in [0.5, 0.6) is 0 Å². The highest BCUT2D eigenvalue weighted by atomic mass is 79.9. The van der Waals surface area contributed by atoms with Crippen molar-refractivity contribution >= 4 is 21.8 Å².